The fraction of sp³-hybridized carbons (Fsp3) is 0.143. The number of benzene rings is 2. The van der Waals surface area contributed by atoms with Crippen molar-refractivity contribution in [2.45, 2.75) is 13.0 Å². The summed E-state index contributed by atoms with van der Waals surface area (Å²) in [6.07, 6.45) is 0. The van der Waals surface area contributed by atoms with Gasteiger partial charge in [0.25, 0.3) is 0 Å². The first-order valence-electron chi connectivity index (χ1n) is 6.04. The van der Waals surface area contributed by atoms with Gasteiger partial charge in [-0.15, -0.1) is 0 Å². The maximum absolute atomic E-state index is 11.1. The van der Waals surface area contributed by atoms with Gasteiger partial charge < -0.3 is 5.32 Å². The van der Waals surface area contributed by atoms with Gasteiger partial charge in [-0.2, -0.15) is 0 Å². The Bertz CT molecular complexity index is 692. The average molecular weight is 346 g/mol. The van der Waals surface area contributed by atoms with Crippen molar-refractivity contribution in [1.82, 2.24) is 0 Å². The van der Waals surface area contributed by atoms with Crippen LogP contribution in [0, 0.1) is 10.1 Å². The number of nitro groups is 1. The van der Waals surface area contributed by atoms with E-state index in [0.717, 1.165) is 5.56 Å². The molecule has 110 valence electrons. The van der Waals surface area contributed by atoms with Gasteiger partial charge in [-0.1, -0.05) is 46.9 Å². The number of anilines is 1. The highest BCUT2D eigenvalue weighted by Crippen LogP contribution is 2.35. The summed E-state index contributed by atoms with van der Waals surface area (Å²) in [6.45, 7) is 1.85. The molecule has 0 saturated carbocycles. The number of hydrogen-bond donors (Lipinski definition) is 1. The molecule has 2 aromatic rings. The third-order valence-electron chi connectivity index (χ3n) is 2.97. The van der Waals surface area contributed by atoms with Crippen LogP contribution >= 0.6 is 34.8 Å². The quantitative estimate of drug-likeness (QED) is 0.569. The molecular weight excluding hydrogens is 335 g/mol. The monoisotopic (exact) mass is 344 g/mol. The van der Waals surface area contributed by atoms with Crippen molar-refractivity contribution >= 4 is 46.2 Å². The van der Waals surface area contributed by atoms with E-state index in [1.807, 2.05) is 6.92 Å². The molecule has 2 aromatic carbocycles. The molecule has 0 aliphatic heterocycles. The first-order valence-corrected chi connectivity index (χ1v) is 7.18. The van der Waals surface area contributed by atoms with E-state index in [1.165, 1.54) is 6.07 Å². The highest BCUT2D eigenvalue weighted by Gasteiger charge is 2.20. The van der Waals surface area contributed by atoms with Crippen LogP contribution < -0.4 is 5.32 Å². The third kappa shape index (κ3) is 3.59. The minimum absolute atomic E-state index is 0.0828. The zero-order valence-corrected chi connectivity index (χ0v) is 13.2. The predicted octanol–water partition coefficient (Wildman–Crippen LogP) is 5.73. The van der Waals surface area contributed by atoms with Crippen LogP contribution in [0.2, 0.25) is 15.1 Å². The maximum Gasteiger partial charge on any atom is 0.310 e. The topological polar surface area (TPSA) is 55.2 Å². The van der Waals surface area contributed by atoms with E-state index in [2.05, 4.69) is 5.32 Å². The molecule has 0 saturated heterocycles. The van der Waals surface area contributed by atoms with Crippen molar-refractivity contribution in [3.63, 3.8) is 0 Å². The largest absolute Gasteiger partial charge is 0.373 e. The van der Waals surface area contributed by atoms with E-state index in [4.69, 9.17) is 34.8 Å². The number of nitrogens with zero attached hydrogens (tertiary/aromatic N) is 1. The smallest absolute Gasteiger partial charge is 0.310 e. The molecule has 0 fully saturated rings. The summed E-state index contributed by atoms with van der Waals surface area (Å²) >= 11 is 17.9. The van der Waals surface area contributed by atoms with Gasteiger partial charge in [-0.3, -0.25) is 10.1 Å². The highest BCUT2D eigenvalue weighted by atomic mass is 35.5. The Labute approximate surface area is 136 Å². The molecule has 1 unspecified atom stereocenters. The molecule has 21 heavy (non-hydrogen) atoms. The summed E-state index contributed by atoms with van der Waals surface area (Å²) in [5.41, 5.74) is 0.970. The lowest BCUT2D eigenvalue weighted by Gasteiger charge is -2.17. The van der Waals surface area contributed by atoms with Crippen LogP contribution in [0.5, 0.6) is 0 Å². The van der Waals surface area contributed by atoms with Crippen LogP contribution in [0.1, 0.15) is 18.5 Å². The van der Waals surface area contributed by atoms with Crippen molar-refractivity contribution in [2.75, 3.05) is 5.32 Å². The minimum atomic E-state index is -0.513. The van der Waals surface area contributed by atoms with Gasteiger partial charge in [0.05, 0.1) is 11.0 Å². The lowest BCUT2D eigenvalue weighted by molar-refractivity contribution is -0.383. The third-order valence-corrected chi connectivity index (χ3v) is 3.84. The summed E-state index contributed by atoms with van der Waals surface area (Å²) in [7, 11) is 0. The summed E-state index contributed by atoms with van der Waals surface area (Å²) in [5, 5.41) is 15.3. The van der Waals surface area contributed by atoms with Crippen molar-refractivity contribution in [3.8, 4) is 0 Å². The van der Waals surface area contributed by atoms with Gasteiger partial charge >= 0.3 is 5.69 Å². The number of hydrogen-bond acceptors (Lipinski definition) is 3. The lowest BCUT2D eigenvalue weighted by Crippen LogP contribution is -2.09. The summed E-state index contributed by atoms with van der Waals surface area (Å²) in [4.78, 5) is 10.6. The number of para-hydroxylation sites is 1. The zero-order chi connectivity index (χ0) is 15.6. The predicted molar refractivity (Wildman–Crippen MR) is 86.6 cm³/mol. The van der Waals surface area contributed by atoms with Crippen molar-refractivity contribution in [3.05, 3.63) is 67.1 Å². The highest BCUT2D eigenvalue weighted by molar-refractivity contribution is 6.35. The lowest BCUT2D eigenvalue weighted by atomic mass is 10.1. The van der Waals surface area contributed by atoms with Gasteiger partial charge in [0.1, 0.15) is 10.7 Å². The summed E-state index contributed by atoms with van der Waals surface area (Å²) in [5.74, 6) is 0. The molecular formula is C14H11Cl3N2O2. The second-order valence-electron chi connectivity index (χ2n) is 4.42. The standard InChI is InChI=1S/C14H11Cl3N2O2/c1-8(10-6-5-9(15)7-12(10)17)18-13-4-2-3-11(16)14(13)19(20)21/h2-8,18H,1H3. The molecule has 1 atom stereocenters. The van der Waals surface area contributed by atoms with Gasteiger partial charge in [-0.05, 0) is 36.8 Å². The Morgan fingerprint density at radius 3 is 2.48 bits per heavy atom. The Kier molecular flexibility index (Phi) is 4.93. The zero-order valence-electron chi connectivity index (χ0n) is 10.9. The van der Waals surface area contributed by atoms with Crippen LogP contribution in [0.4, 0.5) is 11.4 Å². The molecule has 0 heterocycles. The molecule has 0 aliphatic carbocycles. The molecule has 0 bridgehead atoms. The normalized spacial score (nSPS) is 12.0. The van der Waals surface area contributed by atoms with Crippen LogP contribution in [0.25, 0.3) is 0 Å². The van der Waals surface area contributed by atoms with E-state index < -0.39 is 4.92 Å². The number of halogens is 3. The van der Waals surface area contributed by atoms with Crippen LogP contribution in [0.3, 0.4) is 0 Å². The van der Waals surface area contributed by atoms with Gasteiger partial charge in [0.15, 0.2) is 0 Å². The molecule has 0 amide bonds. The van der Waals surface area contributed by atoms with Crippen LogP contribution in [-0.4, -0.2) is 4.92 Å². The van der Waals surface area contributed by atoms with E-state index >= 15 is 0 Å². The molecule has 0 aromatic heterocycles. The van der Waals surface area contributed by atoms with E-state index in [-0.39, 0.29) is 16.8 Å². The van der Waals surface area contributed by atoms with Crippen molar-refractivity contribution < 1.29 is 4.92 Å². The van der Waals surface area contributed by atoms with Gasteiger partial charge in [-0.25, -0.2) is 0 Å². The molecule has 2 rings (SSSR count). The molecule has 0 radical (unpaired) electrons. The molecule has 7 heteroatoms. The second kappa shape index (κ2) is 6.52. The molecule has 4 nitrogen and oxygen atoms in total. The van der Waals surface area contributed by atoms with E-state index in [0.29, 0.717) is 15.7 Å². The number of nitro benzene ring substituents is 1. The van der Waals surface area contributed by atoms with Crippen molar-refractivity contribution in [1.29, 1.82) is 0 Å². The van der Waals surface area contributed by atoms with Crippen LogP contribution in [-0.2, 0) is 0 Å². The Morgan fingerprint density at radius 1 is 1.14 bits per heavy atom. The van der Waals surface area contributed by atoms with E-state index in [1.54, 1.807) is 30.3 Å². The number of rotatable bonds is 4. The summed E-state index contributed by atoms with van der Waals surface area (Å²) < 4.78 is 0. The maximum atomic E-state index is 11.1. The molecule has 0 spiro atoms. The fourth-order valence-electron chi connectivity index (χ4n) is 1.98. The minimum Gasteiger partial charge on any atom is -0.373 e. The molecule has 1 N–H and O–H groups in total. The van der Waals surface area contributed by atoms with E-state index in [9.17, 15) is 10.1 Å². The van der Waals surface area contributed by atoms with Gasteiger partial charge in [0.2, 0.25) is 0 Å². The average Bonchev–Trinajstić information content (AvgIpc) is 2.37. The Hall–Kier alpha value is -1.49. The first-order chi connectivity index (χ1) is 9.90. The van der Waals surface area contributed by atoms with Crippen molar-refractivity contribution in [2.24, 2.45) is 0 Å². The second-order valence-corrected chi connectivity index (χ2v) is 5.68. The van der Waals surface area contributed by atoms with Gasteiger partial charge in [0, 0.05) is 10.0 Å². The SMILES string of the molecule is CC(Nc1cccc(Cl)c1[N+](=O)[O-])c1ccc(Cl)cc1Cl. The fourth-order valence-corrected chi connectivity index (χ4v) is 2.80. The Balaban J connectivity index is 2.34. The Morgan fingerprint density at radius 2 is 1.86 bits per heavy atom. The van der Waals surface area contributed by atoms with Crippen LogP contribution in [0.15, 0.2) is 36.4 Å². The molecule has 0 aliphatic rings. The summed E-state index contributed by atoms with van der Waals surface area (Å²) in [6, 6.07) is 9.60. The first kappa shape index (κ1) is 15.9. The number of nitrogens with one attached hydrogen (secondary N) is 1.